The Bertz CT molecular complexity index is 756. The molecule has 3 atom stereocenters. The molecule has 0 aromatic rings. The monoisotopic (exact) mass is 452 g/mol. The van der Waals surface area contributed by atoms with E-state index in [1.165, 1.54) is 29.6 Å². The van der Waals surface area contributed by atoms with Crippen molar-refractivity contribution < 1.29 is 8.18 Å². The third-order valence-electron chi connectivity index (χ3n) is 7.52. The number of hydrogen-bond donors (Lipinski definition) is 1. The van der Waals surface area contributed by atoms with Crippen LogP contribution in [0.2, 0.25) is 0 Å². The molecule has 0 bridgehead atoms. The number of halogens is 1. The highest BCUT2D eigenvalue weighted by Gasteiger charge is 2.58. The van der Waals surface area contributed by atoms with Gasteiger partial charge in [0.15, 0.2) is 21.2 Å². The van der Waals surface area contributed by atoms with E-state index in [2.05, 4.69) is 32.9 Å². The predicted octanol–water partition coefficient (Wildman–Crippen LogP) is 6.84. The van der Waals surface area contributed by atoms with Crippen molar-refractivity contribution in [2.45, 2.75) is 75.6 Å². The number of hydrogen-bond acceptors (Lipinski definition) is 2. The number of rotatable bonds is 3. The average molecular weight is 452 g/mol. The number of aliphatic hydroxyl groups excluding tert-OH is 1. The third-order valence-corrected chi connectivity index (χ3v) is 10.7. The Labute approximate surface area is 161 Å². The molecule has 0 heterocycles. The van der Waals surface area contributed by atoms with Crippen molar-refractivity contribution in [1.82, 2.24) is 0 Å². The molecule has 4 rings (SSSR count). The summed E-state index contributed by atoms with van der Waals surface area (Å²) in [6.07, 6.45) is 15.1. The summed E-state index contributed by atoms with van der Waals surface area (Å²) in [6, 6.07) is 0. The average Bonchev–Trinajstić information content (AvgIpc) is 2.89. The second-order valence-electron chi connectivity index (χ2n) is 8.80. The molecule has 4 aliphatic rings. The van der Waals surface area contributed by atoms with Crippen LogP contribution >= 0.6 is 21.2 Å². The van der Waals surface area contributed by atoms with Crippen LogP contribution in [0, 0.1) is 10.8 Å². The fourth-order valence-corrected chi connectivity index (χ4v) is 8.30. The molecule has 1 N–H and O–H groups in total. The van der Waals surface area contributed by atoms with E-state index in [4.69, 9.17) is 0 Å². The van der Waals surface area contributed by atoms with Crippen LogP contribution in [0.4, 0.5) is 0 Å². The van der Waals surface area contributed by atoms with Crippen LogP contribution in [0.3, 0.4) is 0 Å². The predicted molar refractivity (Wildman–Crippen MR) is 110 cm³/mol. The van der Waals surface area contributed by atoms with Crippen LogP contribution in [-0.2, 0) is 3.07 Å². The van der Waals surface area contributed by atoms with Crippen molar-refractivity contribution in [1.29, 1.82) is 0 Å². The second-order valence-corrected chi connectivity index (χ2v) is 11.1. The van der Waals surface area contributed by atoms with E-state index in [1.54, 1.807) is 5.57 Å². The maximum atomic E-state index is 12.6. The van der Waals surface area contributed by atoms with E-state index in [1.807, 2.05) is 6.08 Å². The summed E-state index contributed by atoms with van der Waals surface area (Å²) in [5.74, 6) is 0.527. The van der Waals surface area contributed by atoms with Gasteiger partial charge in [-0.15, -0.1) is 0 Å². The fourth-order valence-electron chi connectivity index (χ4n) is 6.01. The van der Waals surface area contributed by atoms with Crippen molar-refractivity contribution >= 4 is 21.2 Å². The lowest BCUT2D eigenvalue weighted by molar-refractivity contribution is 0.239. The van der Waals surface area contributed by atoms with Gasteiger partial charge in [-0.05, 0) is 66.7 Å². The van der Waals surface area contributed by atoms with E-state index in [0.717, 1.165) is 38.5 Å². The first-order valence-corrected chi connectivity index (χ1v) is 11.7. The van der Waals surface area contributed by atoms with Crippen molar-refractivity contribution in [2.24, 2.45) is 10.8 Å². The molecular formula is C22H29IO2. The highest BCUT2D eigenvalue weighted by Crippen LogP contribution is 2.66. The van der Waals surface area contributed by atoms with E-state index in [9.17, 15) is 8.18 Å². The number of alkyl halides is 1. The summed E-state index contributed by atoms with van der Waals surface area (Å²) in [4.78, 5) is 0. The Morgan fingerprint density at radius 3 is 2.72 bits per heavy atom. The van der Waals surface area contributed by atoms with Gasteiger partial charge in [-0.25, -0.2) is 0 Å². The Balaban J connectivity index is 1.80. The zero-order chi connectivity index (χ0) is 17.9. The normalized spacial score (nSPS) is 39.9. The molecule has 4 aliphatic carbocycles. The second kappa shape index (κ2) is 5.90. The van der Waals surface area contributed by atoms with Gasteiger partial charge in [-0.1, -0.05) is 44.9 Å². The summed E-state index contributed by atoms with van der Waals surface area (Å²) in [5.41, 5.74) is 6.08. The van der Waals surface area contributed by atoms with Crippen molar-refractivity contribution in [3.05, 3.63) is 46.3 Å². The van der Waals surface area contributed by atoms with E-state index in [-0.39, 0.29) is 14.3 Å². The molecule has 0 aromatic carbocycles. The van der Waals surface area contributed by atoms with Gasteiger partial charge in [0.2, 0.25) is 0 Å². The molecule has 0 saturated heterocycles. The van der Waals surface area contributed by atoms with Crippen LogP contribution in [0.25, 0.3) is 0 Å². The van der Waals surface area contributed by atoms with Crippen molar-refractivity contribution in [3.63, 3.8) is 0 Å². The van der Waals surface area contributed by atoms with Crippen LogP contribution in [0.15, 0.2) is 46.3 Å². The smallest absolute Gasteiger partial charge is 0.156 e. The lowest BCUT2D eigenvalue weighted by Gasteiger charge is -2.50. The van der Waals surface area contributed by atoms with Gasteiger partial charge in [0.05, 0.1) is 9.18 Å². The molecule has 0 spiro atoms. The molecule has 0 aliphatic heterocycles. The standard InChI is InChI=1S/C22H29IO2/c1-4-10-20(2)11-8-19-17-6-5-15-14-16(24)7-12-21(15,3)18(17)9-13-22(19,20)23-25/h5,8,14,24H,4,6-7,9-13H2,1-3H3/t20-,21?,22?/m1/s1. The molecule has 136 valence electrons. The van der Waals surface area contributed by atoms with Gasteiger partial charge in [-0.3, -0.25) is 3.07 Å². The highest BCUT2D eigenvalue weighted by molar-refractivity contribution is 14.1. The Hall–Kier alpha value is -0.710. The highest BCUT2D eigenvalue weighted by atomic mass is 127. The zero-order valence-electron chi connectivity index (χ0n) is 15.6. The Morgan fingerprint density at radius 1 is 1.20 bits per heavy atom. The topological polar surface area (TPSA) is 37.3 Å². The maximum absolute atomic E-state index is 12.6. The molecule has 0 saturated carbocycles. The van der Waals surface area contributed by atoms with Gasteiger partial charge in [0, 0.05) is 11.8 Å². The lowest BCUT2D eigenvalue weighted by Crippen LogP contribution is -2.44. The molecule has 0 amide bonds. The minimum Gasteiger partial charge on any atom is -0.512 e. The quantitative estimate of drug-likeness (QED) is 0.376. The first kappa shape index (κ1) is 17.7. The minimum absolute atomic E-state index is 0.0466. The third kappa shape index (κ3) is 2.26. The fraction of sp³-hybridized carbons (Fsp3) is 0.636. The number of allylic oxidation sites excluding steroid dienone is 8. The maximum Gasteiger partial charge on any atom is 0.156 e. The van der Waals surface area contributed by atoms with Crippen LogP contribution in [0.5, 0.6) is 0 Å². The summed E-state index contributed by atoms with van der Waals surface area (Å²) < 4.78 is 12.6. The van der Waals surface area contributed by atoms with E-state index >= 15 is 0 Å². The van der Waals surface area contributed by atoms with Crippen LogP contribution in [0.1, 0.15) is 72.1 Å². The molecule has 0 fully saturated rings. The SMILES string of the molecule is CCC[C@]1(C)CC=C2C3=C(CCC21I=O)C1(C)CCC(O)=CC1=CC3. The molecule has 2 nitrogen and oxygen atoms in total. The first-order chi connectivity index (χ1) is 11.9. The van der Waals surface area contributed by atoms with E-state index in [0.29, 0.717) is 5.76 Å². The van der Waals surface area contributed by atoms with Crippen molar-refractivity contribution in [3.8, 4) is 0 Å². The van der Waals surface area contributed by atoms with Gasteiger partial charge in [0.25, 0.3) is 0 Å². The number of fused-ring (bicyclic) bond motifs is 4. The lowest BCUT2D eigenvalue weighted by atomic mass is 9.58. The summed E-state index contributed by atoms with van der Waals surface area (Å²) in [5, 5.41) is 9.97. The summed E-state index contributed by atoms with van der Waals surface area (Å²) in [7, 11) is 0. The molecule has 0 aromatic heterocycles. The largest absolute Gasteiger partial charge is 0.512 e. The molecule has 3 heteroatoms. The van der Waals surface area contributed by atoms with Crippen molar-refractivity contribution in [2.75, 3.05) is 0 Å². The van der Waals surface area contributed by atoms with E-state index < -0.39 is 21.2 Å². The zero-order valence-corrected chi connectivity index (χ0v) is 17.8. The summed E-state index contributed by atoms with van der Waals surface area (Å²) in [6.45, 7) is 7.00. The van der Waals surface area contributed by atoms with Gasteiger partial charge < -0.3 is 5.11 Å². The summed E-state index contributed by atoms with van der Waals surface area (Å²) >= 11 is -1.08. The molecular weight excluding hydrogens is 423 g/mol. The Morgan fingerprint density at radius 2 is 2.00 bits per heavy atom. The first-order valence-electron chi connectivity index (χ1n) is 9.72. The van der Waals surface area contributed by atoms with Gasteiger partial charge >= 0.3 is 0 Å². The molecule has 0 radical (unpaired) electrons. The minimum atomic E-state index is -1.08. The van der Waals surface area contributed by atoms with Crippen LogP contribution < -0.4 is 0 Å². The van der Waals surface area contributed by atoms with Gasteiger partial charge in [0.1, 0.15) is 0 Å². The number of aliphatic hydroxyl groups is 1. The molecule has 25 heavy (non-hydrogen) atoms. The van der Waals surface area contributed by atoms with Gasteiger partial charge in [-0.2, -0.15) is 0 Å². The Kier molecular flexibility index (Phi) is 4.17. The van der Waals surface area contributed by atoms with Crippen LogP contribution in [-0.4, -0.2) is 8.53 Å². The molecule has 2 unspecified atom stereocenters.